The van der Waals surface area contributed by atoms with Gasteiger partial charge < -0.3 is 5.32 Å². The lowest BCUT2D eigenvalue weighted by Gasteiger charge is -2.22. The van der Waals surface area contributed by atoms with E-state index in [1.54, 1.807) is 6.92 Å². The van der Waals surface area contributed by atoms with E-state index in [4.69, 9.17) is 5.26 Å². The van der Waals surface area contributed by atoms with Crippen molar-refractivity contribution in [2.45, 2.75) is 19.4 Å². The number of benzene rings is 1. The topological polar surface area (TPSA) is 52.9 Å². The molecule has 1 aromatic carbocycles. The van der Waals surface area contributed by atoms with Gasteiger partial charge in [-0.05, 0) is 12.5 Å². The van der Waals surface area contributed by atoms with Crippen LogP contribution in [0.15, 0.2) is 30.3 Å². The zero-order valence-corrected chi connectivity index (χ0v) is 8.24. The molecule has 0 aliphatic heterocycles. The van der Waals surface area contributed by atoms with Crippen LogP contribution in [0.2, 0.25) is 0 Å². The zero-order chi connectivity index (χ0) is 10.6. The van der Waals surface area contributed by atoms with Crippen LogP contribution >= 0.6 is 0 Å². The smallest absolute Gasteiger partial charge is 0.218 e. The molecule has 0 unspecified atom stereocenters. The maximum absolute atomic E-state index is 10.9. The maximum Gasteiger partial charge on any atom is 0.218 e. The Kier molecular flexibility index (Phi) is 2.88. The van der Waals surface area contributed by atoms with Gasteiger partial charge in [-0.1, -0.05) is 30.3 Å². The van der Waals surface area contributed by atoms with Crippen molar-refractivity contribution in [1.29, 1.82) is 5.26 Å². The number of carbonyl (C=O) groups is 1. The summed E-state index contributed by atoms with van der Waals surface area (Å²) in [6.45, 7) is 3.09. The molecule has 72 valence electrons. The van der Waals surface area contributed by atoms with E-state index in [0.717, 1.165) is 5.56 Å². The van der Waals surface area contributed by atoms with Gasteiger partial charge in [-0.25, -0.2) is 0 Å². The molecule has 1 aromatic rings. The molecule has 14 heavy (non-hydrogen) atoms. The molecule has 1 N–H and O–H groups in total. The van der Waals surface area contributed by atoms with Crippen molar-refractivity contribution in [2.24, 2.45) is 0 Å². The van der Waals surface area contributed by atoms with Crippen LogP contribution in [0.1, 0.15) is 19.4 Å². The normalized spacial score (nSPS) is 13.8. The number of nitriles is 1. The fourth-order valence-corrected chi connectivity index (χ4v) is 1.29. The molecule has 0 radical (unpaired) electrons. The molecular weight excluding hydrogens is 176 g/mol. The van der Waals surface area contributed by atoms with Crippen molar-refractivity contribution in [1.82, 2.24) is 5.32 Å². The summed E-state index contributed by atoms with van der Waals surface area (Å²) in [5.41, 5.74) is -0.148. The molecule has 3 heteroatoms. The third-order valence-corrected chi connectivity index (χ3v) is 2.00. The van der Waals surface area contributed by atoms with Gasteiger partial charge in [-0.3, -0.25) is 4.79 Å². The third-order valence-electron chi connectivity index (χ3n) is 2.00. The van der Waals surface area contributed by atoms with Gasteiger partial charge in [0.2, 0.25) is 5.91 Å². The molecule has 1 rings (SSSR count). The molecular formula is C11H12N2O. The summed E-state index contributed by atoms with van der Waals surface area (Å²) in [6.07, 6.45) is 0. The van der Waals surface area contributed by atoms with Crippen LogP contribution in [0, 0.1) is 11.3 Å². The van der Waals surface area contributed by atoms with Gasteiger partial charge in [0.25, 0.3) is 0 Å². The summed E-state index contributed by atoms with van der Waals surface area (Å²) in [4.78, 5) is 10.9. The van der Waals surface area contributed by atoms with Crippen molar-refractivity contribution in [2.75, 3.05) is 0 Å². The zero-order valence-electron chi connectivity index (χ0n) is 8.24. The number of hydrogen-bond donors (Lipinski definition) is 1. The lowest BCUT2D eigenvalue weighted by molar-refractivity contribution is -0.120. The van der Waals surface area contributed by atoms with Gasteiger partial charge in [-0.15, -0.1) is 0 Å². The van der Waals surface area contributed by atoms with Crippen molar-refractivity contribution in [3.8, 4) is 6.07 Å². The number of hydrogen-bond acceptors (Lipinski definition) is 2. The number of carbonyl (C=O) groups excluding carboxylic acids is 1. The van der Waals surface area contributed by atoms with E-state index in [9.17, 15) is 4.79 Å². The van der Waals surface area contributed by atoms with Crippen LogP contribution in [0.4, 0.5) is 0 Å². The maximum atomic E-state index is 10.9. The minimum Gasteiger partial charge on any atom is -0.335 e. The Bertz CT molecular complexity index is 367. The Labute approximate surface area is 83.4 Å². The fraction of sp³-hybridized carbons (Fsp3) is 0.273. The molecule has 0 aliphatic rings. The van der Waals surface area contributed by atoms with Crippen LogP contribution in [0.3, 0.4) is 0 Å². The first-order chi connectivity index (χ1) is 6.58. The molecule has 1 atom stereocenters. The molecule has 0 spiro atoms. The molecule has 0 fully saturated rings. The average molecular weight is 188 g/mol. The molecule has 1 amide bonds. The highest BCUT2D eigenvalue weighted by Crippen LogP contribution is 2.18. The predicted octanol–water partition coefficient (Wildman–Crippen LogP) is 1.56. The Balaban J connectivity index is 3.03. The summed E-state index contributed by atoms with van der Waals surface area (Å²) >= 11 is 0. The van der Waals surface area contributed by atoms with Crippen LogP contribution in [-0.2, 0) is 10.3 Å². The molecule has 0 heterocycles. The molecule has 0 aliphatic carbocycles. The van der Waals surface area contributed by atoms with Gasteiger partial charge in [-0.2, -0.15) is 5.26 Å². The second-order valence-electron chi connectivity index (χ2n) is 3.28. The molecule has 0 saturated heterocycles. The monoisotopic (exact) mass is 188 g/mol. The second-order valence-corrected chi connectivity index (χ2v) is 3.28. The summed E-state index contributed by atoms with van der Waals surface area (Å²) in [6, 6.07) is 11.3. The summed E-state index contributed by atoms with van der Waals surface area (Å²) in [5, 5.41) is 11.6. The first-order valence-corrected chi connectivity index (χ1v) is 4.34. The average Bonchev–Trinajstić information content (AvgIpc) is 2.18. The Hall–Kier alpha value is -1.82. The Morgan fingerprint density at radius 3 is 2.43 bits per heavy atom. The quantitative estimate of drug-likeness (QED) is 0.765. The second kappa shape index (κ2) is 3.93. The number of nitrogens with one attached hydrogen (secondary N) is 1. The van der Waals surface area contributed by atoms with Crippen LogP contribution in [-0.4, -0.2) is 5.91 Å². The minimum absolute atomic E-state index is 0.210. The van der Waals surface area contributed by atoms with Gasteiger partial charge in [0.1, 0.15) is 5.54 Å². The van der Waals surface area contributed by atoms with E-state index >= 15 is 0 Å². The highest BCUT2D eigenvalue weighted by molar-refractivity contribution is 5.74. The summed E-state index contributed by atoms with van der Waals surface area (Å²) in [5.74, 6) is -0.210. The molecule has 0 aromatic heterocycles. The first-order valence-electron chi connectivity index (χ1n) is 4.34. The number of amides is 1. The van der Waals surface area contributed by atoms with E-state index < -0.39 is 5.54 Å². The first kappa shape index (κ1) is 10.3. The van der Waals surface area contributed by atoms with Crippen LogP contribution < -0.4 is 5.32 Å². The van der Waals surface area contributed by atoms with Gasteiger partial charge in [0.05, 0.1) is 6.07 Å². The van der Waals surface area contributed by atoms with Gasteiger partial charge in [0, 0.05) is 6.92 Å². The van der Waals surface area contributed by atoms with Gasteiger partial charge >= 0.3 is 0 Å². The lowest BCUT2D eigenvalue weighted by Crippen LogP contribution is -2.41. The predicted molar refractivity (Wildman–Crippen MR) is 53.2 cm³/mol. The van der Waals surface area contributed by atoms with E-state index in [1.165, 1.54) is 6.92 Å². The summed E-state index contributed by atoms with van der Waals surface area (Å²) in [7, 11) is 0. The third kappa shape index (κ3) is 2.11. The SMILES string of the molecule is CC(=O)N[C@](C)(C#N)c1ccccc1. The Morgan fingerprint density at radius 2 is 2.00 bits per heavy atom. The largest absolute Gasteiger partial charge is 0.335 e. The minimum atomic E-state index is -0.937. The fourth-order valence-electron chi connectivity index (χ4n) is 1.29. The number of nitrogens with zero attached hydrogens (tertiary/aromatic N) is 1. The van der Waals surface area contributed by atoms with Crippen molar-refractivity contribution >= 4 is 5.91 Å². The molecule has 0 bridgehead atoms. The van der Waals surface area contributed by atoms with Crippen molar-refractivity contribution in [3.63, 3.8) is 0 Å². The van der Waals surface area contributed by atoms with E-state index in [2.05, 4.69) is 11.4 Å². The standard InChI is InChI=1S/C11H12N2O/c1-9(14)13-11(2,8-12)10-6-4-3-5-7-10/h3-7H,1-2H3,(H,13,14)/t11-/m1/s1. The van der Waals surface area contributed by atoms with Crippen LogP contribution in [0.5, 0.6) is 0 Å². The highest BCUT2D eigenvalue weighted by atomic mass is 16.1. The van der Waals surface area contributed by atoms with Crippen molar-refractivity contribution in [3.05, 3.63) is 35.9 Å². The van der Waals surface area contributed by atoms with E-state index in [0.29, 0.717) is 0 Å². The van der Waals surface area contributed by atoms with E-state index in [-0.39, 0.29) is 5.91 Å². The molecule has 0 saturated carbocycles. The lowest BCUT2D eigenvalue weighted by atomic mass is 9.94. The number of rotatable bonds is 2. The summed E-state index contributed by atoms with van der Waals surface area (Å²) < 4.78 is 0. The van der Waals surface area contributed by atoms with Crippen molar-refractivity contribution < 1.29 is 4.79 Å². The van der Waals surface area contributed by atoms with E-state index in [1.807, 2.05) is 30.3 Å². The van der Waals surface area contributed by atoms with Crippen LogP contribution in [0.25, 0.3) is 0 Å². The Morgan fingerprint density at radius 1 is 1.43 bits per heavy atom. The molecule has 3 nitrogen and oxygen atoms in total. The highest BCUT2D eigenvalue weighted by Gasteiger charge is 2.26. The van der Waals surface area contributed by atoms with Gasteiger partial charge in [0.15, 0.2) is 0 Å².